The fourth-order valence-corrected chi connectivity index (χ4v) is 3.01. The summed E-state index contributed by atoms with van der Waals surface area (Å²) in [6.45, 7) is 9.03. The average Bonchev–Trinajstić information content (AvgIpc) is 2.85. The predicted octanol–water partition coefficient (Wildman–Crippen LogP) is 4.71. The molecule has 36 heavy (non-hydrogen) atoms. The molecule has 9 heteroatoms. The zero-order valence-corrected chi connectivity index (χ0v) is 22.1. The van der Waals surface area contributed by atoms with Gasteiger partial charge in [-0.2, -0.15) is 0 Å². The van der Waals surface area contributed by atoms with Crippen LogP contribution in [0.4, 0.5) is 0 Å². The molecule has 0 N–H and O–H groups in total. The van der Waals surface area contributed by atoms with E-state index in [1.807, 2.05) is 13.8 Å². The summed E-state index contributed by atoms with van der Waals surface area (Å²) >= 11 is 0. The number of ether oxygens (including phenoxy) is 4. The van der Waals surface area contributed by atoms with Gasteiger partial charge in [0, 0.05) is 37.1 Å². The molecule has 1 aromatic rings. The number of carbonyl (C=O) groups excluding carboxylic acids is 4. The van der Waals surface area contributed by atoms with E-state index in [-0.39, 0.29) is 61.5 Å². The fourth-order valence-electron chi connectivity index (χ4n) is 3.01. The van der Waals surface area contributed by atoms with Gasteiger partial charge in [-0.1, -0.05) is 13.8 Å². The lowest BCUT2D eigenvalue weighted by molar-refractivity contribution is -0.146. The third kappa shape index (κ3) is 14.6. The van der Waals surface area contributed by atoms with Crippen LogP contribution in [0.25, 0.3) is 0 Å². The first-order chi connectivity index (χ1) is 17.2. The highest BCUT2D eigenvalue weighted by Crippen LogP contribution is 2.09. The monoisotopic (exact) mass is 507 g/mol. The van der Waals surface area contributed by atoms with Gasteiger partial charge in [0.1, 0.15) is 5.69 Å². The highest BCUT2D eigenvalue weighted by Gasteiger charge is 2.14. The minimum Gasteiger partial charge on any atom is -0.466 e. The molecule has 0 fully saturated rings. The van der Waals surface area contributed by atoms with E-state index in [2.05, 4.69) is 4.98 Å². The topological polar surface area (TPSA) is 118 Å². The lowest BCUT2D eigenvalue weighted by atomic mass is 10.0. The average molecular weight is 508 g/mol. The normalized spacial score (nSPS) is 10.9. The summed E-state index contributed by atoms with van der Waals surface area (Å²) < 4.78 is 20.9. The smallest absolute Gasteiger partial charge is 0.356 e. The summed E-state index contributed by atoms with van der Waals surface area (Å²) in [7, 11) is 0. The van der Waals surface area contributed by atoms with Gasteiger partial charge in [-0.15, -0.1) is 0 Å². The van der Waals surface area contributed by atoms with Gasteiger partial charge < -0.3 is 18.9 Å². The number of nitrogens with zero attached hydrogens (tertiary/aromatic N) is 1. The van der Waals surface area contributed by atoms with Crippen molar-refractivity contribution in [3.8, 4) is 0 Å². The molecule has 0 bridgehead atoms. The number of Topliss-reactive ketones (excluding diaryl/α,β-unsaturated/α-hetero) is 1. The zero-order chi connectivity index (χ0) is 26.8. The Labute approximate surface area is 214 Å². The van der Waals surface area contributed by atoms with E-state index in [9.17, 15) is 19.2 Å². The molecule has 1 aromatic heterocycles. The van der Waals surface area contributed by atoms with Crippen molar-refractivity contribution in [2.24, 2.45) is 5.92 Å². The SMILES string of the molecule is CC(C)OCCCCOC(=O)CCCCC(=O)OCCCCOC(=O)c1ccc(C(=O)C(C)C)cn1. The van der Waals surface area contributed by atoms with Gasteiger partial charge in [0.25, 0.3) is 0 Å². The molecule has 0 radical (unpaired) electrons. The van der Waals surface area contributed by atoms with Crippen LogP contribution in [0.5, 0.6) is 0 Å². The molecule has 0 aliphatic heterocycles. The Bertz CT molecular complexity index is 804. The number of pyridine rings is 1. The van der Waals surface area contributed by atoms with E-state index < -0.39 is 5.97 Å². The predicted molar refractivity (Wildman–Crippen MR) is 134 cm³/mol. The maximum atomic E-state index is 12.0. The summed E-state index contributed by atoms with van der Waals surface area (Å²) in [5.41, 5.74) is 0.601. The van der Waals surface area contributed by atoms with Crippen LogP contribution in [0.2, 0.25) is 0 Å². The molecule has 0 aromatic carbocycles. The first-order valence-electron chi connectivity index (χ1n) is 12.8. The van der Waals surface area contributed by atoms with Crippen LogP contribution >= 0.6 is 0 Å². The molecule has 0 unspecified atom stereocenters. The summed E-state index contributed by atoms with van der Waals surface area (Å²) in [5, 5.41) is 0. The Morgan fingerprint density at radius 1 is 0.722 bits per heavy atom. The molecule has 0 amide bonds. The summed E-state index contributed by atoms with van der Waals surface area (Å²) in [5.74, 6) is -1.30. The van der Waals surface area contributed by atoms with Gasteiger partial charge in [-0.05, 0) is 64.5 Å². The number of hydrogen-bond acceptors (Lipinski definition) is 9. The summed E-state index contributed by atoms with van der Waals surface area (Å²) in [6.07, 6.45) is 5.97. The largest absolute Gasteiger partial charge is 0.466 e. The van der Waals surface area contributed by atoms with E-state index in [0.717, 1.165) is 12.8 Å². The number of aromatic nitrogens is 1. The quantitative estimate of drug-likeness (QED) is 0.113. The molecule has 1 heterocycles. The second-order valence-corrected chi connectivity index (χ2v) is 9.07. The number of ketones is 1. The molecule has 0 spiro atoms. The molecular weight excluding hydrogens is 466 g/mol. The second-order valence-electron chi connectivity index (χ2n) is 9.07. The Morgan fingerprint density at radius 3 is 1.72 bits per heavy atom. The maximum Gasteiger partial charge on any atom is 0.356 e. The Morgan fingerprint density at radius 2 is 1.25 bits per heavy atom. The first-order valence-corrected chi connectivity index (χ1v) is 12.8. The number of rotatable bonds is 19. The Kier molecular flexibility index (Phi) is 16.0. The Balaban J connectivity index is 2.01. The molecule has 0 saturated heterocycles. The first kappa shape index (κ1) is 31.2. The highest BCUT2D eigenvalue weighted by atomic mass is 16.5. The molecule has 0 aliphatic carbocycles. The summed E-state index contributed by atoms with van der Waals surface area (Å²) in [4.78, 5) is 51.4. The van der Waals surface area contributed by atoms with Crippen LogP contribution in [0.3, 0.4) is 0 Å². The van der Waals surface area contributed by atoms with Crippen molar-refractivity contribution in [2.75, 3.05) is 26.4 Å². The van der Waals surface area contributed by atoms with Gasteiger partial charge in [-0.25, -0.2) is 9.78 Å². The van der Waals surface area contributed by atoms with E-state index in [1.165, 1.54) is 12.3 Å². The number of carbonyl (C=O) groups is 4. The molecule has 202 valence electrons. The van der Waals surface area contributed by atoms with E-state index in [4.69, 9.17) is 18.9 Å². The van der Waals surface area contributed by atoms with Gasteiger partial charge >= 0.3 is 17.9 Å². The van der Waals surface area contributed by atoms with Crippen LogP contribution < -0.4 is 0 Å². The third-order valence-electron chi connectivity index (χ3n) is 5.08. The third-order valence-corrected chi connectivity index (χ3v) is 5.08. The molecular formula is C27H41NO8. The lowest BCUT2D eigenvalue weighted by Gasteiger charge is -2.08. The van der Waals surface area contributed by atoms with E-state index >= 15 is 0 Å². The van der Waals surface area contributed by atoms with Crippen molar-refractivity contribution in [3.05, 3.63) is 29.6 Å². The van der Waals surface area contributed by atoms with Crippen molar-refractivity contribution < 1.29 is 38.1 Å². The second kappa shape index (κ2) is 18.5. The van der Waals surface area contributed by atoms with Crippen LogP contribution in [0.15, 0.2) is 18.3 Å². The van der Waals surface area contributed by atoms with Crippen molar-refractivity contribution in [2.45, 2.75) is 85.2 Å². The maximum absolute atomic E-state index is 12.0. The number of esters is 3. The van der Waals surface area contributed by atoms with Crippen molar-refractivity contribution in [1.82, 2.24) is 4.98 Å². The van der Waals surface area contributed by atoms with Crippen LogP contribution in [-0.2, 0) is 28.5 Å². The molecule has 0 aliphatic rings. The number of hydrogen-bond donors (Lipinski definition) is 0. The molecule has 9 nitrogen and oxygen atoms in total. The van der Waals surface area contributed by atoms with Gasteiger partial charge in [0.15, 0.2) is 5.78 Å². The van der Waals surface area contributed by atoms with Gasteiger partial charge in [-0.3, -0.25) is 14.4 Å². The standard InChI is InChI=1S/C27H41NO8/c1-20(2)26(31)22-13-14-23(28-19-22)27(32)36-18-10-9-17-35-25(30)12-6-5-11-24(29)34-16-8-7-15-33-21(3)4/h13-14,19-21H,5-12,15-18H2,1-4H3. The lowest BCUT2D eigenvalue weighted by Crippen LogP contribution is -2.12. The Hall–Kier alpha value is -2.81. The zero-order valence-electron chi connectivity index (χ0n) is 22.1. The molecule has 0 atom stereocenters. The summed E-state index contributed by atoms with van der Waals surface area (Å²) in [6, 6.07) is 3.05. The molecule has 0 saturated carbocycles. The van der Waals surface area contributed by atoms with Gasteiger partial charge in [0.05, 0.1) is 25.9 Å². The van der Waals surface area contributed by atoms with Crippen molar-refractivity contribution >= 4 is 23.7 Å². The minimum absolute atomic E-state index is 0.0334. The fraction of sp³-hybridized carbons (Fsp3) is 0.667. The van der Waals surface area contributed by atoms with Gasteiger partial charge in [0.2, 0.25) is 0 Å². The van der Waals surface area contributed by atoms with Crippen molar-refractivity contribution in [3.63, 3.8) is 0 Å². The van der Waals surface area contributed by atoms with E-state index in [1.54, 1.807) is 19.9 Å². The minimum atomic E-state index is -0.561. The highest BCUT2D eigenvalue weighted by molar-refractivity contribution is 5.97. The van der Waals surface area contributed by atoms with Crippen LogP contribution in [0.1, 0.15) is 99.9 Å². The number of unbranched alkanes of at least 4 members (excludes halogenated alkanes) is 3. The van der Waals surface area contributed by atoms with E-state index in [0.29, 0.717) is 44.5 Å². The molecule has 1 rings (SSSR count). The van der Waals surface area contributed by atoms with Crippen molar-refractivity contribution in [1.29, 1.82) is 0 Å². The van der Waals surface area contributed by atoms with Crippen LogP contribution in [0, 0.1) is 5.92 Å². The van der Waals surface area contributed by atoms with Crippen LogP contribution in [-0.4, -0.2) is 61.2 Å².